The van der Waals surface area contributed by atoms with Gasteiger partial charge >= 0.3 is 0 Å². The molecule has 5 nitrogen and oxygen atoms in total. The van der Waals surface area contributed by atoms with Gasteiger partial charge in [0, 0.05) is 19.2 Å². The van der Waals surface area contributed by atoms with Crippen LogP contribution in [0.2, 0.25) is 0 Å². The zero-order valence-electron chi connectivity index (χ0n) is 12.6. The normalized spacial score (nSPS) is 12.2. The molecular formula is C15H22N2O3S. The van der Waals surface area contributed by atoms with E-state index in [9.17, 15) is 13.2 Å². The Morgan fingerprint density at radius 1 is 1.29 bits per heavy atom. The van der Waals surface area contributed by atoms with Crippen LogP contribution in [0.4, 0.5) is 0 Å². The van der Waals surface area contributed by atoms with Crippen LogP contribution < -0.4 is 10.0 Å². The maximum absolute atomic E-state index is 11.8. The highest BCUT2D eigenvalue weighted by Crippen LogP contribution is 2.17. The summed E-state index contributed by atoms with van der Waals surface area (Å²) in [5.74, 6) is -0.411. The SMILES string of the molecule is CCNS(=O)(=O)CCNC(=O)/C=C(\C)c1ccccc1C. The van der Waals surface area contributed by atoms with Gasteiger partial charge in [0.25, 0.3) is 0 Å². The summed E-state index contributed by atoms with van der Waals surface area (Å²) < 4.78 is 25.2. The molecular weight excluding hydrogens is 288 g/mol. The van der Waals surface area contributed by atoms with Crippen molar-refractivity contribution in [3.63, 3.8) is 0 Å². The summed E-state index contributed by atoms with van der Waals surface area (Å²) >= 11 is 0. The lowest BCUT2D eigenvalue weighted by Gasteiger charge is -2.07. The summed E-state index contributed by atoms with van der Waals surface area (Å²) in [5, 5.41) is 2.58. The molecule has 0 bridgehead atoms. The topological polar surface area (TPSA) is 75.3 Å². The zero-order chi connectivity index (χ0) is 15.9. The minimum absolute atomic E-state index is 0.0890. The fourth-order valence-electron chi connectivity index (χ4n) is 1.94. The van der Waals surface area contributed by atoms with E-state index in [1.54, 1.807) is 6.92 Å². The molecule has 21 heavy (non-hydrogen) atoms. The molecule has 0 unspecified atom stereocenters. The van der Waals surface area contributed by atoms with Crippen molar-refractivity contribution < 1.29 is 13.2 Å². The Hall–Kier alpha value is -1.66. The number of carbonyl (C=O) groups is 1. The summed E-state index contributed by atoms with van der Waals surface area (Å²) in [6.45, 7) is 5.99. The summed E-state index contributed by atoms with van der Waals surface area (Å²) in [7, 11) is -3.30. The van der Waals surface area contributed by atoms with Crippen molar-refractivity contribution in [3.05, 3.63) is 41.5 Å². The highest BCUT2D eigenvalue weighted by molar-refractivity contribution is 7.89. The fourth-order valence-corrected chi connectivity index (χ4v) is 2.90. The van der Waals surface area contributed by atoms with E-state index in [-0.39, 0.29) is 18.2 Å². The Balaban J connectivity index is 2.58. The number of amides is 1. The summed E-state index contributed by atoms with van der Waals surface area (Å²) in [4.78, 5) is 11.8. The molecule has 0 spiro atoms. The smallest absolute Gasteiger partial charge is 0.244 e. The second-order valence-corrected chi connectivity index (χ2v) is 6.68. The van der Waals surface area contributed by atoms with Crippen LogP contribution in [-0.4, -0.2) is 33.2 Å². The first kappa shape index (κ1) is 17.4. The molecule has 1 rings (SSSR count). The molecule has 0 aliphatic rings. The number of carbonyl (C=O) groups excluding carboxylic acids is 1. The summed E-state index contributed by atoms with van der Waals surface area (Å²) in [6, 6.07) is 7.79. The van der Waals surface area contributed by atoms with Crippen molar-refractivity contribution in [1.29, 1.82) is 0 Å². The Bertz CT molecular complexity index is 622. The predicted octanol–water partition coefficient (Wildman–Crippen LogP) is 1.45. The number of hydrogen-bond donors (Lipinski definition) is 2. The Kier molecular flexibility index (Phi) is 6.58. The third-order valence-electron chi connectivity index (χ3n) is 2.95. The minimum Gasteiger partial charge on any atom is -0.351 e. The third kappa shape index (κ3) is 6.10. The number of sulfonamides is 1. The molecule has 0 saturated carbocycles. The van der Waals surface area contributed by atoms with Crippen LogP contribution in [0.15, 0.2) is 30.3 Å². The quantitative estimate of drug-likeness (QED) is 0.749. The molecule has 0 aromatic heterocycles. The standard InChI is InChI=1S/C15H22N2O3S/c1-4-17-21(19,20)10-9-16-15(18)11-13(3)14-8-6-5-7-12(14)2/h5-8,11,17H,4,9-10H2,1-3H3,(H,16,18)/b13-11+. The van der Waals surface area contributed by atoms with Gasteiger partial charge in [-0.1, -0.05) is 31.2 Å². The van der Waals surface area contributed by atoms with E-state index < -0.39 is 10.0 Å². The van der Waals surface area contributed by atoms with E-state index >= 15 is 0 Å². The molecule has 0 aliphatic heterocycles. The van der Waals surface area contributed by atoms with Gasteiger partial charge < -0.3 is 5.32 Å². The van der Waals surface area contributed by atoms with E-state index in [2.05, 4.69) is 10.0 Å². The first-order chi connectivity index (χ1) is 9.85. The van der Waals surface area contributed by atoms with Gasteiger partial charge in [-0.25, -0.2) is 13.1 Å². The molecule has 1 aromatic carbocycles. The lowest BCUT2D eigenvalue weighted by atomic mass is 10.0. The zero-order valence-corrected chi connectivity index (χ0v) is 13.5. The molecule has 0 radical (unpaired) electrons. The number of rotatable bonds is 7. The first-order valence-corrected chi connectivity index (χ1v) is 8.50. The number of aryl methyl sites for hydroxylation is 1. The van der Waals surface area contributed by atoms with Crippen LogP contribution in [0, 0.1) is 6.92 Å². The Morgan fingerprint density at radius 3 is 2.57 bits per heavy atom. The van der Waals surface area contributed by atoms with Crippen LogP contribution in [0.5, 0.6) is 0 Å². The monoisotopic (exact) mass is 310 g/mol. The maximum Gasteiger partial charge on any atom is 0.244 e. The molecule has 6 heteroatoms. The minimum atomic E-state index is -3.30. The van der Waals surface area contributed by atoms with Gasteiger partial charge in [0.1, 0.15) is 0 Å². The molecule has 116 valence electrons. The molecule has 0 fully saturated rings. The van der Waals surface area contributed by atoms with Crippen LogP contribution in [0.3, 0.4) is 0 Å². The molecule has 0 atom stereocenters. The summed E-state index contributed by atoms with van der Waals surface area (Å²) in [5.41, 5.74) is 2.95. The Labute approximate surface area is 126 Å². The van der Waals surface area contributed by atoms with E-state index in [1.807, 2.05) is 38.1 Å². The predicted molar refractivity (Wildman–Crippen MR) is 85.3 cm³/mol. The van der Waals surface area contributed by atoms with E-state index in [0.717, 1.165) is 16.7 Å². The van der Waals surface area contributed by atoms with Crippen molar-refractivity contribution in [2.75, 3.05) is 18.8 Å². The van der Waals surface area contributed by atoms with Gasteiger partial charge in [-0.2, -0.15) is 0 Å². The number of allylic oxidation sites excluding steroid dienone is 1. The van der Waals surface area contributed by atoms with E-state index in [4.69, 9.17) is 0 Å². The van der Waals surface area contributed by atoms with Crippen molar-refractivity contribution >= 4 is 21.5 Å². The summed E-state index contributed by atoms with van der Waals surface area (Å²) in [6.07, 6.45) is 1.49. The third-order valence-corrected chi connectivity index (χ3v) is 4.42. The second kappa shape index (κ2) is 7.95. The van der Waals surface area contributed by atoms with Gasteiger partial charge in [-0.15, -0.1) is 0 Å². The van der Waals surface area contributed by atoms with Gasteiger partial charge in [-0.3, -0.25) is 4.79 Å². The van der Waals surface area contributed by atoms with Gasteiger partial charge in [0.15, 0.2) is 0 Å². The van der Waals surface area contributed by atoms with Crippen LogP contribution in [-0.2, 0) is 14.8 Å². The van der Waals surface area contributed by atoms with Crippen LogP contribution in [0.1, 0.15) is 25.0 Å². The van der Waals surface area contributed by atoms with Crippen molar-refractivity contribution in [1.82, 2.24) is 10.0 Å². The average Bonchev–Trinajstić information content (AvgIpc) is 2.38. The average molecular weight is 310 g/mol. The highest BCUT2D eigenvalue weighted by atomic mass is 32.2. The molecule has 0 heterocycles. The Morgan fingerprint density at radius 2 is 1.95 bits per heavy atom. The molecule has 0 saturated heterocycles. The fraction of sp³-hybridized carbons (Fsp3) is 0.400. The van der Waals surface area contributed by atoms with E-state index in [0.29, 0.717) is 6.54 Å². The van der Waals surface area contributed by atoms with Crippen LogP contribution >= 0.6 is 0 Å². The highest BCUT2D eigenvalue weighted by Gasteiger charge is 2.09. The number of nitrogens with one attached hydrogen (secondary N) is 2. The van der Waals surface area contributed by atoms with Crippen molar-refractivity contribution in [2.24, 2.45) is 0 Å². The molecule has 1 aromatic rings. The number of hydrogen-bond acceptors (Lipinski definition) is 3. The molecule has 0 aliphatic carbocycles. The van der Waals surface area contributed by atoms with Gasteiger partial charge in [0.05, 0.1) is 5.75 Å². The van der Waals surface area contributed by atoms with Crippen molar-refractivity contribution in [2.45, 2.75) is 20.8 Å². The largest absolute Gasteiger partial charge is 0.351 e. The molecule has 2 N–H and O–H groups in total. The van der Waals surface area contributed by atoms with Crippen LogP contribution in [0.25, 0.3) is 5.57 Å². The first-order valence-electron chi connectivity index (χ1n) is 6.85. The lowest BCUT2D eigenvalue weighted by molar-refractivity contribution is -0.116. The maximum atomic E-state index is 11.8. The second-order valence-electron chi connectivity index (χ2n) is 4.75. The lowest BCUT2D eigenvalue weighted by Crippen LogP contribution is -2.33. The van der Waals surface area contributed by atoms with Crippen molar-refractivity contribution in [3.8, 4) is 0 Å². The molecule has 1 amide bonds. The van der Waals surface area contributed by atoms with Gasteiger partial charge in [-0.05, 0) is 30.5 Å². The number of benzene rings is 1. The van der Waals surface area contributed by atoms with Gasteiger partial charge in [0.2, 0.25) is 15.9 Å². The van der Waals surface area contributed by atoms with E-state index in [1.165, 1.54) is 6.08 Å².